The lowest BCUT2D eigenvalue weighted by atomic mass is 10.1. The molecule has 2 heteroatoms. The molecule has 0 aliphatic rings. The average Bonchev–Trinajstić information content (AvgIpc) is 2.75. The fourth-order valence-corrected chi connectivity index (χ4v) is 2.70. The zero-order valence-electron chi connectivity index (χ0n) is 9.86. The molecule has 0 unspecified atom stereocenters. The topological polar surface area (TPSA) is 12.9 Å². The Balaban J connectivity index is 2.26. The first-order valence-corrected chi connectivity index (χ1v) is 6.68. The minimum atomic E-state index is 1.08. The zero-order chi connectivity index (χ0) is 11.4. The Kier molecular flexibility index (Phi) is 3.73. The van der Waals surface area contributed by atoms with E-state index in [9.17, 15) is 0 Å². The molecular formula is C14H17NS. The van der Waals surface area contributed by atoms with E-state index in [2.05, 4.69) is 35.5 Å². The Hall–Kier alpha value is -1.15. The molecule has 2 aromatic heterocycles. The largest absolute Gasteiger partial charge is 0.261 e. The summed E-state index contributed by atoms with van der Waals surface area (Å²) in [6, 6.07) is 6.50. The van der Waals surface area contributed by atoms with Gasteiger partial charge in [0.15, 0.2) is 0 Å². The molecule has 1 nitrogen and oxygen atoms in total. The van der Waals surface area contributed by atoms with Gasteiger partial charge in [0, 0.05) is 22.3 Å². The Morgan fingerprint density at radius 3 is 2.81 bits per heavy atom. The van der Waals surface area contributed by atoms with Crippen LogP contribution in [0.3, 0.4) is 0 Å². The number of aromatic nitrogens is 1. The molecule has 0 aliphatic carbocycles. The predicted molar refractivity (Wildman–Crippen MR) is 70.9 cm³/mol. The second-order valence-electron chi connectivity index (χ2n) is 4.07. The predicted octanol–water partition coefficient (Wildman–Crippen LogP) is 4.46. The maximum Gasteiger partial charge on any atom is 0.0390 e. The van der Waals surface area contributed by atoms with Crippen LogP contribution in [0.1, 0.15) is 31.0 Å². The molecule has 0 N–H and O–H groups in total. The van der Waals surface area contributed by atoms with Crippen LogP contribution in [0.2, 0.25) is 0 Å². The van der Waals surface area contributed by atoms with Crippen molar-refractivity contribution in [2.24, 2.45) is 0 Å². The van der Waals surface area contributed by atoms with Crippen LogP contribution in [0.4, 0.5) is 0 Å². The summed E-state index contributed by atoms with van der Waals surface area (Å²) in [5, 5.41) is 2.18. The van der Waals surface area contributed by atoms with Gasteiger partial charge in [-0.05, 0) is 42.8 Å². The van der Waals surface area contributed by atoms with E-state index < -0.39 is 0 Å². The smallest absolute Gasteiger partial charge is 0.0390 e. The van der Waals surface area contributed by atoms with Crippen molar-refractivity contribution >= 4 is 11.3 Å². The van der Waals surface area contributed by atoms with E-state index >= 15 is 0 Å². The van der Waals surface area contributed by atoms with Gasteiger partial charge in [-0.3, -0.25) is 4.98 Å². The number of unbranched alkanes of at least 4 members (excludes halogenated alkanes) is 1. The highest BCUT2D eigenvalue weighted by atomic mass is 32.1. The third-order valence-corrected chi connectivity index (χ3v) is 3.73. The number of pyridine rings is 1. The van der Waals surface area contributed by atoms with Crippen LogP contribution < -0.4 is 0 Å². The first-order valence-electron chi connectivity index (χ1n) is 5.80. The minimum Gasteiger partial charge on any atom is -0.261 e. The number of thiophene rings is 1. The standard InChI is InChI=1S/C14H17NS/c1-3-4-5-12-8-9-16-14(12)13-7-6-11(2)15-10-13/h6-10H,3-5H2,1-2H3. The van der Waals surface area contributed by atoms with Crippen LogP contribution in [-0.2, 0) is 6.42 Å². The summed E-state index contributed by atoms with van der Waals surface area (Å²) in [4.78, 5) is 5.75. The van der Waals surface area contributed by atoms with Crippen molar-refractivity contribution < 1.29 is 0 Å². The van der Waals surface area contributed by atoms with Crippen molar-refractivity contribution in [3.63, 3.8) is 0 Å². The molecule has 0 fully saturated rings. The zero-order valence-corrected chi connectivity index (χ0v) is 10.7. The van der Waals surface area contributed by atoms with E-state index in [-0.39, 0.29) is 0 Å². The van der Waals surface area contributed by atoms with Gasteiger partial charge in [-0.2, -0.15) is 0 Å². The van der Waals surface area contributed by atoms with Crippen LogP contribution in [-0.4, -0.2) is 4.98 Å². The molecule has 0 bridgehead atoms. The highest BCUT2D eigenvalue weighted by molar-refractivity contribution is 7.13. The number of nitrogens with zero attached hydrogens (tertiary/aromatic N) is 1. The average molecular weight is 231 g/mol. The van der Waals surface area contributed by atoms with E-state index in [1.54, 1.807) is 0 Å². The maximum absolute atomic E-state index is 4.36. The quantitative estimate of drug-likeness (QED) is 0.757. The molecule has 16 heavy (non-hydrogen) atoms. The number of aryl methyl sites for hydroxylation is 2. The van der Waals surface area contributed by atoms with Crippen molar-refractivity contribution in [2.75, 3.05) is 0 Å². The summed E-state index contributed by atoms with van der Waals surface area (Å²) >= 11 is 1.82. The fourth-order valence-electron chi connectivity index (χ4n) is 1.76. The molecule has 0 saturated carbocycles. The summed E-state index contributed by atoms with van der Waals surface area (Å²) < 4.78 is 0. The lowest BCUT2D eigenvalue weighted by molar-refractivity contribution is 0.798. The van der Waals surface area contributed by atoms with Crippen molar-refractivity contribution in [2.45, 2.75) is 33.1 Å². The van der Waals surface area contributed by atoms with E-state index in [1.807, 2.05) is 24.5 Å². The van der Waals surface area contributed by atoms with Gasteiger partial charge in [-0.25, -0.2) is 0 Å². The lowest BCUT2D eigenvalue weighted by Crippen LogP contribution is -1.86. The highest BCUT2D eigenvalue weighted by Gasteiger charge is 2.06. The lowest BCUT2D eigenvalue weighted by Gasteiger charge is -2.03. The monoisotopic (exact) mass is 231 g/mol. The van der Waals surface area contributed by atoms with E-state index in [4.69, 9.17) is 0 Å². The van der Waals surface area contributed by atoms with Crippen LogP contribution >= 0.6 is 11.3 Å². The summed E-state index contributed by atoms with van der Waals surface area (Å²) in [5.41, 5.74) is 3.81. The van der Waals surface area contributed by atoms with Crippen molar-refractivity contribution in [3.05, 3.63) is 41.0 Å². The Morgan fingerprint density at radius 2 is 2.12 bits per heavy atom. The fraction of sp³-hybridized carbons (Fsp3) is 0.357. The summed E-state index contributed by atoms with van der Waals surface area (Å²) in [6.07, 6.45) is 5.68. The van der Waals surface area contributed by atoms with Gasteiger partial charge in [0.05, 0.1) is 0 Å². The number of hydrogen-bond donors (Lipinski definition) is 0. The third-order valence-electron chi connectivity index (χ3n) is 2.72. The van der Waals surface area contributed by atoms with Gasteiger partial charge < -0.3 is 0 Å². The molecule has 2 heterocycles. The van der Waals surface area contributed by atoms with Gasteiger partial charge in [-0.1, -0.05) is 19.4 Å². The molecule has 0 radical (unpaired) electrons. The van der Waals surface area contributed by atoms with Crippen LogP contribution in [0.15, 0.2) is 29.8 Å². The van der Waals surface area contributed by atoms with Gasteiger partial charge >= 0.3 is 0 Å². The van der Waals surface area contributed by atoms with Gasteiger partial charge in [0.25, 0.3) is 0 Å². The third kappa shape index (κ3) is 2.50. The van der Waals surface area contributed by atoms with E-state index in [1.165, 1.54) is 35.3 Å². The molecular weight excluding hydrogens is 214 g/mol. The molecule has 0 amide bonds. The summed E-state index contributed by atoms with van der Waals surface area (Å²) in [5.74, 6) is 0. The van der Waals surface area contributed by atoms with Crippen LogP contribution in [0, 0.1) is 6.92 Å². The Labute approximate surface area is 101 Å². The van der Waals surface area contributed by atoms with Gasteiger partial charge in [-0.15, -0.1) is 11.3 Å². The van der Waals surface area contributed by atoms with Crippen LogP contribution in [0.5, 0.6) is 0 Å². The summed E-state index contributed by atoms with van der Waals surface area (Å²) in [6.45, 7) is 4.26. The SMILES string of the molecule is CCCCc1ccsc1-c1ccc(C)nc1. The van der Waals surface area contributed by atoms with Gasteiger partial charge in [0.2, 0.25) is 0 Å². The van der Waals surface area contributed by atoms with E-state index in [0.29, 0.717) is 0 Å². The second-order valence-corrected chi connectivity index (χ2v) is 4.98. The number of hydrogen-bond acceptors (Lipinski definition) is 2. The Bertz CT molecular complexity index is 442. The highest BCUT2D eigenvalue weighted by Crippen LogP contribution is 2.30. The molecule has 0 aliphatic heterocycles. The summed E-state index contributed by atoms with van der Waals surface area (Å²) in [7, 11) is 0. The molecule has 2 rings (SSSR count). The molecule has 0 saturated heterocycles. The van der Waals surface area contributed by atoms with Crippen molar-refractivity contribution in [3.8, 4) is 10.4 Å². The normalized spacial score (nSPS) is 10.6. The van der Waals surface area contributed by atoms with Crippen molar-refractivity contribution in [1.82, 2.24) is 4.98 Å². The van der Waals surface area contributed by atoms with Crippen LogP contribution in [0.25, 0.3) is 10.4 Å². The molecule has 2 aromatic rings. The molecule has 84 valence electrons. The van der Waals surface area contributed by atoms with Crippen molar-refractivity contribution in [1.29, 1.82) is 0 Å². The first kappa shape index (κ1) is 11.3. The number of rotatable bonds is 4. The minimum absolute atomic E-state index is 1.08. The first-order chi connectivity index (χ1) is 7.81. The molecule has 0 atom stereocenters. The van der Waals surface area contributed by atoms with E-state index in [0.717, 1.165) is 5.69 Å². The maximum atomic E-state index is 4.36. The Morgan fingerprint density at radius 1 is 1.25 bits per heavy atom. The molecule has 0 spiro atoms. The second kappa shape index (κ2) is 5.26. The van der Waals surface area contributed by atoms with Gasteiger partial charge in [0.1, 0.15) is 0 Å². The molecule has 0 aromatic carbocycles.